The van der Waals surface area contributed by atoms with E-state index in [0.717, 1.165) is 15.9 Å². The van der Waals surface area contributed by atoms with Gasteiger partial charge in [0.25, 0.3) is 0 Å². The van der Waals surface area contributed by atoms with E-state index in [-0.39, 0.29) is 18.7 Å². The van der Waals surface area contributed by atoms with Crippen LogP contribution < -0.4 is 9.62 Å². The second-order valence-corrected chi connectivity index (χ2v) is 11.5. The predicted octanol–water partition coefficient (Wildman–Crippen LogP) is 3.74. The monoisotopic (exact) mass is 572 g/mol. The molecular weight excluding hydrogens is 538 g/mol. The third-order valence-electron chi connectivity index (χ3n) is 6.23. The SMILES string of the molecule is CCCNC(=O)[C@@H](Cc1ccccc1)N(Cc1ccc(F)cc1)C(=O)CN(c1ccccc1F)S(=O)(=O)N(C)C. The number of rotatable bonds is 13. The molecule has 0 saturated heterocycles. The number of benzene rings is 3. The average Bonchev–Trinajstić information content (AvgIpc) is 2.94. The van der Waals surface area contributed by atoms with Gasteiger partial charge in [-0.1, -0.05) is 61.5 Å². The van der Waals surface area contributed by atoms with Gasteiger partial charge in [-0.15, -0.1) is 0 Å². The molecule has 8 nitrogen and oxygen atoms in total. The number of hydrogen-bond donors (Lipinski definition) is 1. The summed E-state index contributed by atoms with van der Waals surface area (Å²) < 4.78 is 56.6. The lowest BCUT2D eigenvalue weighted by atomic mass is 10.0. The molecule has 0 aliphatic heterocycles. The molecule has 2 amide bonds. The number of hydrogen-bond acceptors (Lipinski definition) is 4. The fourth-order valence-electron chi connectivity index (χ4n) is 4.06. The van der Waals surface area contributed by atoms with Gasteiger partial charge in [0.05, 0.1) is 5.69 Å². The predicted molar refractivity (Wildman–Crippen MR) is 151 cm³/mol. The molecule has 0 unspecified atom stereocenters. The first kappa shape index (κ1) is 30.7. The van der Waals surface area contributed by atoms with Gasteiger partial charge in [-0.3, -0.25) is 9.59 Å². The van der Waals surface area contributed by atoms with Crippen molar-refractivity contribution >= 4 is 27.7 Å². The van der Waals surface area contributed by atoms with Crippen LogP contribution in [-0.2, 0) is 32.8 Å². The largest absolute Gasteiger partial charge is 0.354 e. The van der Waals surface area contributed by atoms with Crippen molar-refractivity contribution in [3.05, 3.63) is 102 Å². The quantitative estimate of drug-likeness (QED) is 0.338. The van der Waals surface area contributed by atoms with Crippen molar-refractivity contribution in [2.24, 2.45) is 0 Å². The van der Waals surface area contributed by atoms with Crippen molar-refractivity contribution in [2.45, 2.75) is 32.4 Å². The van der Waals surface area contributed by atoms with Gasteiger partial charge in [0.15, 0.2) is 0 Å². The Morgan fingerprint density at radius 2 is 1.50 bits per heavy atom. The summed E-state index contributed by atoms with van der Waals surface area (Å²) in [6, 6.07) is 18.8. The first-order valence-corrected chi connectivity index (χ1v) is 14.2. The molecule has 1 atom stereocenters. The van der Waals surface area contributed by atoms with E-state index in [1.807, 2.05) is 37.3 Å². The van der Waals surface area contributed by atoms with Crippen LogP contribution in [0.5, 0.6) is 0 Å². The average molecular weight is 573 g/mol. The van der Waals surface area contributed by atoms with Crippen molar-refractivity contribution in [1.82, 2.24) is 14.5 Å². The van der Waals surface area contributed by atoms with Crippen LogP contribution in [0.15, 0.2) is 78.9 Å². The van der Waals surface area contributed by atoms with Crippen LogP contribution in [0.1, 0.15) is 24.5 Å². The van der Waals surface area contributed by atoms with Crippen LogP contribution in [0, 0.1) is 11.6 Å². The van der Waals surface area contributed by atoms with E-state index in [1.165, 1.54) is 61.5 Å². The zero-order valence-corrected chi connectivity index (χ0v) is 23.6. The summed E-state index contributed by atoms with van der Waals surface area (Å²) in [6.45, 7) is 1.39. The van der Waals surface area contributed by atoms with E-state index in [1.54, 1.807) is 0 Å². The molecule has 1 N–H and O–H groups in total. The second kappa shape index (κ2) is 14.0. The van der Waals surface area contributed by atoms with E-state index >= 15 is 0 Å². The number of amides is 2. The molecule has 3 aromatic carbocycles. The Morgan fingerprint density at radius 1 is 0.875 bits per heavy atom. The van der Waals surface area contributed by atoms with Gasteiger partial charge in [-0.2, -0.15) is 12.7 Å². The minimum atomic E-state index is -4.31. The molecule has 3 aromatic rings. The van der Waals surface area contributed by atoms with Crippen molar-refractivity contribution in [2.75, 3.05) is 31.5 Å². The number of nitrogens with one attached hydrogen (secondary N) is 1. The zero-order valence-electron chi connectivity index (χ0n) is 22.8. The number of carbonyl (C=O) groups is 2. The van der Waals surface area contributed by atoms with E-state index in [2.05, 4.69) is 5.32 Å². The highest BCUT2D eigenvalue weighted by Gasteiger charge is 2.35. The Labute approximate surface area is 234 Å². The standard InChI is InChI=1S/C29H34F2N4O4S/c1-4-18-32-29(37)27(19-22-10-6-5-7-11-22)34(20-23-14-16-24(30)17-15-23)28(36)21-35(40(38,39)33(2)3)26-13-9-8-12-25(26)31/h5-17,27H,4,18-21H2,1-3H3,(H,32,37)/t27-/m1/s1. The van der Waals surface area contributed by atoms with E-state index < -0.39 is 46.2 Å². The van der Waals surface area contributed by atoms with Crippen LogP contribution >= 0.6 is 0 Å². The minimum absolute atomic E-state index is 0.108. The minimum Gasteiger partial charge on any atom is -0.354 e. The van der Waals surface area contributed by atoms with Crippen molar-refractivity contribution in [3.63, 3.8) is 0 Å². The summed E-state index contributed by atoms with van der Waals surface area (Å²) in [6.07, 6.45) is 0.807. The highest BCUT2D eigenvalue weighted by atomic mass is 32.2. The lowest BCUT2D eigenvalue weighted by Gasteiger charge is -2.34. The summed E-state index contributed by atoms with van der Waals surface area (Å²) in [5, 5.41) is 2.83. The van der Waals surface area contributed by atoms with Crippen molar-refractivity contribution in [3.8, 4) is 0 Å². The summed E-state index contributed by atoms with van der Waals surface area (Å²) >= 11 is 0. The molecular formula is C29H34F2N4O4S. The summed E-state index contributed by atoms with van der Waals surface area (Å²) in [5.74, 6) is -2.45. The molecule has 0 spiro atoms. The van der Waals surface area contributed by atoms with E-state index in [9.17, 15) is 26.8 Å². The van der Waals surface area contributed by atoms with Crippen molar-refractivity contribution < 1.29 is 26.8 Å². The summed E-state index contributed by atoms with van der Waals surface area (Å²) in [4.78, 5) is 28.7. The molecule has 11 heteroatoms. The molecule has 3 rings (SSSR count). The van der Waals surface area contributed by atoms with Gasteiger partial charge in [-0.05, 0) is 41.8 Å². The zero-order chi connectivity index (χ0) is 29.3. The highest BCUT2D eigenvalue weighted by Crippen LogP contribution is 2.24. The molecule has 0 radical (unpaired) electrons. The third-order valence-corrected chi connectivity index (χ3v) is 8.03. The number of anilines is 1. The van der Waals surface area contributed by atoms with Gasteiger partial charge in [0.2, 0.25) is 11.8 Å². The van der Waals surface area contributed by atoms with Gasteiger partial charge in [-0.25, -0.2) is 13.1 Å². The molecule has 0 aliphatic rings. The number of carbonyl (C=O) groups excluding carboxylic acids is 2. The van der Waals surface area contributed by atoms with Crippen molar-refractivity contribution in [1.29, 1.82) is 0 Å². The Kier molecular flexibility index (Phi) is 10.7. The van der Waals surface area contributed by atoms with Crippen LogP contribution in [0.4, 0.5) is 14.5 Å². The van der Waals surface area contributed by atoms with E-state index in [4.69, 9.17) is 0 Å². The number of nitrogens with zero attached hydrogens (tertiary/aromatic N) is 3. The first-order valence-electron chi connectivity index (χ1n) is 12.8. The Hall–Kier alpha value is -3.83. The molecule has 0 aromatic heterocycles. The molecule has 0 bridgehead atoms. The molecule has 40 heavy (non-hydrogen) atoms. The maximum atomic E-state index is 14.8. The maximum Gasteiger partial charge on any atom is 0.304 e. The van der Waals surface area contributed by atoms with Gasteiger partial charge < -0.3 is 10.2 Å². The molecule has 0 heterocycles. The van der Waals surface area contributed by atoms with Crippen LogP contribution in [0.25, 0.3) is 0 Å². The van der Waals surface area contributed by atoms with Crippen LogP contribution in [0.3, 0.4) is 0 Å². The maximum absolute atomic E-state index is 14.8. The summed E-state index contributed by atoms with van der Waals surface area (Å²) in [5.41, 5.74) is 1.01. The fourth-order valence-corrected chi connectivity index (χ4v) is 5.13. The lowest BCUT2D eigenvalue weighted by Crippen LogP contribution is -2.54. The normalized spacial score (nSPS) is 12.2. The Bertz CT molecular complexity index is 1390. The molecule has 214 valence electrons. The van der Waals surface area contributed by atoms with Gasteiger partial charge in [0, 0.05) is 33.6 Å². The van der Waals surface area contributed by atoms with Crippen LogP contribution in [0.2, 0.25) is 0 Å². The highest BCUT2D eigenvalue weighted by molar-refractivity contribution is 7.90. The second-order valence-electron chi connectivity index (χ2n) is 9.39. The van der Waals surface area contributed by atoms with Crippen LogP contribution in [-0.4, -0.2) is 62.7 Å². The lowest BCUT2D eigenvalue weighted by molar-refractivity contribution is -0.140. The first-order chi connectivity index (χ1) is 19.0. The fraction of sp³-hybridized carbons (Fsp3) is 0.310. The van der Waals surface area contributed by atoms with E-state index in [0.29, 0.717) is 22.8 Å². The Balaban J connectivity index is 2.08. The third kappa shape index (κ3) is 7.86. The summed E-state index contributed by atoms with van der Waals surface area (Å²) in [7, 11) is -1.76. The molecule has 0 aliphatic carbocycles. The number of halogens is 2. The van der Waals surface area contributed by atoms with Gasteiger partial charge >= 0.3 is 10.2 Å². The van der Waals surface area contributed by atoms with Gasteiger partial charge in [0.1, 0.15) is 24.2 Å². The smallest absolute Gasteiger partial charge is 0.304 e. The topological polar surface area (TPSA) is 90.0 Å². The Morgan fingerprint density at radius 3 is 2.10 bits per heavy atom. The molecule has 0 fully saturated rings. The molecule has 0 saturated carbocycles. The number of para-hydroxylation sites is 1.